The molecule has 0 radical (unpaired) electrons. The molecule has 0 saturated carbocycles. The SMILES string of the molecule is CC(C)[C@@H]1OCC[C@H]1CNC(=O)Nc1ccccc1. The van der Waals surface area contributed by atoms with E-state index in [1.807, 2.05) is 30.3 Å². The van der Waals surface area contributed by atoms with E-state index in [0.717, 1.165) is 18.7 Å². The van der Waals surface area contributed by atoms with E-state index < -0.39 is 0 Å². The minimum atomic E-state index is -0.152. The maximum absolute atomic E-state index is 11.8. The van der Waals surface area contributed by atoms with E-state index in [0.29, 0.717) is 18.4 Å². The van der Waals surface area contributed by atoms with Gasteiger partial charge in [0.25, 0.3) is 0 Å². The van der Waals surface area contributed by atoms with Crippen molar-refractivity contribution < 1.29 is 9.53 Å². The Balaban J connectivity index is 1.77. The van der Waals surface area contributed by atoms with Gasteiger partial charge in [-0.15, -0.1) is 0 Å². The molecule has 1 aromatic rings. The molecule has 2 N–H and O–H groups in total. The number of para-hydroxylation sites is 1. The highest BCUT2D eigenvalue weighted by molar-refractivity contribution is 5.89. The van der Waals surface area contributed by atoms with Crippen molar-refractivity contribution in [2.45, 2.75) is 26.4 Å². The third-order valence-electron chi connectivity index (χ3n) is 3.48. The van der Waals surface area contributed by atoms with Gasteiger partial charge in [0, 0.05) is 24.8 Å². The maximum atomic E-state index is 11.8. The summed E-state index contributed by atoms with van der Waals surface area (Å²) in [6.07, 6.45) is 1.28. The van der Waals surface area contributed by atoms with Crippen molar-refractivity contribution in [1.82, 2.24) is 5.32 Å². The molecule has 0 bridgehead atoms. The molecule has 0 spiro atoms. The van der Waals surface area contributed by atoms with Crippen molar-refractivity contribution in [2.75, 3.05) is 18.5 Å². The van der Waals surface area contributed by atoms with Crippen LogP contribution in [0.4, 0.5) is 10.5 Å². The summed E-state index contributed by atoms with van der Waals surface area (Å²) >= 11 is 0. The topological polar surface area (TPSA) is 50.4 Å². The van der Waals surface area contributed by atoms with Gasteiger partial charge in [-0.3, -0.25) is 0 Å². The van der Waals surface area contributed by atoms with Crippen molar-refractivity contribution in [3.63, 3.8) is 0 Å². The molecule has 0 aliphatic carbocycles. The molecule has 19 heavy (non-hydrogen) atoms. The summed E-state index contributed by atoms with van der Waals surface area (Å²) in [5, 5.41) is 5.75. The lowest BCUT2D eigenvalue weighted by molar-refractivity contribution is 0.0546. The zero-order valence-corrected chi connectivity index (χ0v) is 11.6. The Morgan fingerprint density at radius 3 is 2.79 bits per heavy atom. The standard InChI is InChI=1S/C15H22N2O2/c1-11(2)14-12(8-9-19-14)10-16-15(18)17-13-6-4-3-5-7-13/h3-7,11-12,14H,8-10H2,1-2H3,(H2,16,17,18)/t12-,14-/m0/s1. The Kier molecular flexibility index (Phi) is 4.80. The molecule has 4 heteroatoms. The molecule has 0 aromatic heterocycles. The molecule has 2 rings (SSSR count). The number of amides is 2. The third-order valence-corrected chi connectivity index (χ3v) is 3.48. The summed E-state index contributed by atoms with van der Waals surface area (Å²) in [4.78, 5) is 11.8. The molecular formula is C15H22N2O2. The lowest BCUT2D eigenvalue weighted by atomic mass is 9.93. The van der Waals surface area contributed by atoms with Crippen LogP contribution in [0.5, 0.6) is 0 Å². The molecule has 1 heterocycles. The molecule has 1 fully saturated rings. The molecule has 2 amide bonds. The fourth-order valence-electron chi connectivity index (χ4n) is 2.53. The first kappa shape index (κ1) is 13.9. The van der Waals surface area contributed by atoms with Crippen LogP contribution in [0.25, 0.3) is 0 Å². The Hall–Kier alpha value is -1.55. The predicted molar refractivity (Wildman–Crippen MR) is 76.1 cm³/mol. The monoisotopic (exact) mass is 262 g/mol. The van der Waals surface area contributed by atoms with Crippen LogP contribution in [0, 0.1) is 11.8 Å². The van der Waals surface area contributed by atoms with Gasteiger partial charge in [0.15, 0.2) is 0 Å². The number of nitrogens with one attached hydrogen (secondary N) is 2. The number of urea groups is 1. The molecule has 1 aliphatic rings. The van der Waals surface area contributed by atoms with Crippen molar-refractivity contribution in [1.29, 1.82) is 0 Å². The van der Waals surface area contributed by atoms with E-state index >= 15 is 0 Å². The van der Waals surface area contributed by atoms with Gasteiger partial charge in [0.1, 0.15) is 0 Å². The fourth-order valence-corrected chi connectivity index (χ4v) is 2.53. The van der Waals surface area contributed by atoms with E-state index in [1.54, 1.807) is 0 Å². The van der Waals surface area contributed by atoms with Gasteiger partial charge < -0.3 is 15.4 Å². The second kappa shape index (κ2) is 6.57. The first-order valence-corrected chi connectivity index (χ1v) is 6.88. The van der Waals surface area contributed by atoms with Gasteiger partial charge in [-0.1, -0.05) is 32.0 Å². The minimum absolute atomic E-state index is 0.152. The first-order chi connectivity index (χ1) is 9.16. The smallest absolute Gasteiger partial charge is 0.319 e. The lowest BCUT2D eigenvalue weighted by Crippen LogP contribution is -2.37. The van der Waals surface area contributed by atoms with E-state index in [-0.39, 0.29) is 12.1 Å². The van der Waals surface area contributed by atoms with Gasteiger partial charge in [0.2, 0.25) is 0 Å². The van der Waals surface area contributed by atoms with Crippen LogP contribution < -0.4 is 10.6 Å². The van der Waals surface area contributed by atoms with Gasteiger partial charge in [-0.2, -0.15) is 0 Å². The summed E-state index contributed by atoms with van der Waals surface area (Å²) < 4.78 is 5.71. The van der Waals surface area contributed by atoms with Crippen LogP contribution in [0.3, 0.4) is 0 Å². The van der Waals surface area contributed by atoms with Crippen LogP contribution >= 0.6 is 0 Å². The maximum Gasteiger partial charge on any atom is 0.319 e. The quantitative estimate of drug-likeness (QED) is 0.876. The van der Waals surface area contributed by atoms with E-state index in [9.17, 15) is 4.79 Å². The first-order valence-electron chi connectivity index (χ1n) is 6.88. The second-order valence-corrected chi connectivity index (χ2v) is 5.33. The summed E-state index contributed by atoms with van der Waals surface area (Å²) in [6.45, 7) is 5.79. The molecule has 0 unspecified atom stereocenters. The van der Waals surface area contributed by atoms with Crippen LogP contribution in [-0.2, 0) is 4.74 Å². The summed E-state index contributed by atoms with van der Waals surface area (Å²) in [5.74, 6) is 0.910. The highest BCUT2D eigenvalue weighted by atomic mass is 16.5. The van der Waals surface area contributed by atoms with E-state index in [2.05, 4.69) is 24.5 Å². The average molecular weight is 262 g/mol. The van der Waals surface area contributed by atoms with Crippen LogP contribution in [0.15, 0.2) is 30.3 Å². The Morgan fingerprint density at radius 2 is 2.11 bits per heavy atom. The van der Waals surface area contributed by atoms with Crippen molar-refractivity contribution >= 4 is 11.7 Å². The van der Waals surface area contributed by atoms with Gasteiger partial charge >= 0.3 is 6.03 Å². The normalized spacial score (nSPS) is 22.5. The highest BCUT2D eigenvalue weighted by Crippen LogP contribution is 2.26. The van der Waals surface area contributed by atoms with Crippen molar-refractivity contribution in [3.8, 4) is 0 Å². The molecule has 1 saturated heterocycles. The van der Waals surface area contributed by atoms with Crippen LogP contribution in [0.2, 0.25) is 0 Å². The summed E-state index contributed by atoms with van der Waals surface area (Å²) in [7, 11) is 0. The molecule has 4 nitrogen and oxygen atoms in total. The number of hydrogen-bond donors (Lipinski definition) is 2. The Labute approximate surface area is 114 Å². The largest absolute Gasteiger partial charge is 0.378 e. The number of ether oxygens (including phenoxy) is 1. The Morgan fingerprint density at radius 1 is 1.37 bits per heavy atom. The molecule has 1 aromatic carbocycles. The molecular weight excluding hydrogens is 240 g/mol. The number of carbonyl (C=O) groups excluding carboxylic acids is 1. The zero-order valence-electron chi connectivity index (χ0n) is 11.6. The minimum Gasteiger partial charge on any atom is -0.378 e. The summed E-state index contributed by atoms with van der Waals surface area (Å²) in [5.41, 5.74) is 0.808. The van der Waals surface area contributed by atoms with E-state index in [4.69, 9.17) is 4.74 Å². The number of rotatable bonds is 4. The van der Waals surface area contributed by atoms with Gasteiger partial charge in [0.05, 0.1) is 6.10 Å². The zero-order chi connectivity index (χ0) is 13.7. The number of carbonyl (C=O) groups is 1. The number of hydrogen-bond acceptors (Lipinski definition) is 2. The molecule has 1 aliphatic heterocycles. The fraction of sp³-hybridized carbons (Fsp3) is 0.533. The van der Waals surface area contributed by atoms with Gasteiger partial charge in [-0.25, -0.2) is 4.79 Å². The number of benzene rings is 1. The van der Waals surface area contributed by atoms with Crippen molar-refractivity contribution in [2.24, 2.45) is 11.8 Å². The summed E-state index contributed by atoms with van der Waals surface area (Å²) in [6, 6.07) is 9.31. The molecule has 2 atom stereocenters. The predicted octanol–water partition coefficient (Wildman–Crippen LogP) is 2.87. The molecule has 104 valence electrons. The lowest BCUT2D eigenvalue weighted by Gasteiger charge is -2.22. The third kappa shape index (κ3) is 3.96. The second-order valence-electron chi connectivity index (χ2n) is 5.33. The van der Waals surface area contributed by atoms with Crippen LogP contribution in [-0.4, -0.2) is 25.3 Å². The van der Waals surface area contributed by atoms with Crippen molar-refractivity contribution in [3.05, 3.63) is 30.3 Å². The highest BCUT2D eigenvalue weighted by Gasteiger charge is 2.30. The van der Waals surface area contributed by atoms with E-state index in [1.165, 1.54) is 0 Å². The van der Waals surface area contributed by atoms with Crippen LogP contribution in [0.1, 0.15) is 20.3 Å². The number of anilines is 1. The van der Waals surface area contributed by atoms with Gasteiger partial charge in [-0.05, 0) is 24.5 Å². The average Bonchev–Trinajstić information content (AvgIpc) is 2.86. The Bertz CT molecular complexity index is 406.